The Morgan fingerprint density at radius 3 is 2.62 bits per heavy atom. The van der Waals surface area contributed by atoms with Gasteiger partial charge in [0, 0.05) is 42.5 Å². The van der Waals surface area contributed by atoms with Crippen molar-refractivity contribution in [2.24, 2.45) is 11.7 Å². The van der Waals surface area contributed by atoms with Crippen molar-refractivity contribution < 1.29 is 18.3 Å². The van der Waals surface area contributed by atoms with Gasteiger partial charge in [-0.3, -0.25) is 4.98 Å². The van der Waals surface area contributed by atoms with Crippen LogP contribution in [0, 0.1) is 17.6 Å². The number of nitrogens with one attached hydrogen (secondary N) is 1. The maximum atomic E-state index is 15.2. The van der Waals surface area contributed by atoms with E-state index in [0.717, 1.165) is 24.1 Å². The number of rotatable bonds is 6. The van der Waals surface area contributed by atoms with Gasteiger partial charge in [-0.25, -0.2) is 13.8 Å². The van der Waals surface area contributed by atoms with Crippen molar-refractivity contribution in [2.45, 2.75) is 55.9 Å². The third-order valence-corrected chi connectivity index (χ3v) is 8.79. The van der Waals surface area contributed by atoms with Gasteiger partial charge in [0.1, 0.15) is 23.5 Å². The maximum Gasteiger partial charge on any atom is 0.229 e. The highest BCUT2D eigenvalue weighted by atomic mass is 32.1. The molecule has 4 aromatic rings. The zero-order valence-corrected chi connectivity index (χ0v) is 23.0. The van der Waals surface area contributed by atoms with Gasteiger partial charge in [0.15, 0.2) is 0 Å². The van der Waals surface area contributed by atoms with E-state index in [-0.39, 0.29) is 40.3 Å². The van der Waals surface area contributed by atoms with Crippen molar-refractivity contribution in [3.05, 3.63) is 66.1 Å². The molecule has 3 aromatic heterocycles. The van der Waals surface area contributed by atoms with Crippen molar-refractivity contribution in [2.75, 3.05) is 18.5 Å². The molecular weight excluding hydrogens is 534 g/mol. The number of imidazole rings is 1. The van der Waals surface area contributed by atoms with Gasteiger partial charge in [-0.2, -0.15) is 22.2 Å². The summed E-state index contributed by atoms with van der Waals surface area (Å²) in [7, 11) is 0. The molecule has 8 nitrogen and oxygen atoms in total. The minimum absolute atomic E-state index is 0.00663. The van der Waals surface area contributed by atoms with Crippen molar-refractivity contribution in [1.29, 1.82) is 0 Å². The van der Waals surface area contributed by atoms with Crippen LogP contribution in [-0.4, -0.2) is 50.2 Å². The van der Waals surface area contributed by atoms with Crippen molar-refractivity contribution >= 4 is 29.8 Å². The van der Waals surface area contributed by atoms with Gasteiger partial charge in [-0.15, -0.1) is 0 Å². The van der Waals surface area contributed by atoms with Gasteiger partial charge in [0.25, 0.3) is 0 Å². The molecule has 4 atom stereocenters. The third-order valence-electron chi connectivity index (χ3n) is 7.90. The molecule has 0 amide bonds. The van der Waals surface area contributed by atoms with Crippen LogP contribution < -0.4 is 15.8 Å². The molecule has 0 spiro atoms. The van der Waals surface area contributed by atoms with Crippen molar-refractivity contribution in [3.63, 3.8) is 0 Å². The van der Waals surface area contributed by atoms with Gasteiger partial charge in [-0.05, 0) is 48.4 Å². The van der Waals surface area contributed by atoms with Crippen LogP contribution in [0.4, 0.5) is 20.4 Å². The number of nitrogens with zero attached hydrogens (tertiary/aromatic N) is 4. The molecular formula is C29H32F2N6O2S. The van der Waals surface area contributed by atoms with Crippen LogP contribution in [0.15, 0.2) is 48.9 Å². The Morgan fingerprint density at radius 1 is 1.10 bits per heavy atom. The molecule has 11 heteroatoms. The highest BCUT2D eigenvalue weighted by Crippen LogP contribution is 2.40. The molecule has 4 heterocycles. The van der Waals surface area contributed by atoms with Crippen molar-refractivity contribution in [3.8, 4) is 17.0 Å². The maximum absolute atomic E-state index is 15.2. The summed E-state index contributed by atoms with van der Waals surface area (Å²) in [5.74, 6) is -0.327. The number of pyridine rings is 1. The van der Waals surface area contributed by atoms with E-state index in [1.54, 1.807) is 30.7 Å². The van der Waals surface area contributed by atoms with E-state index in [1.807, 2.05) is 6.07 Å². The van der Waals surface area contributed by atoms with Crippen LogP contribution in [0.1, 0.15) is 44.1 Å². The van der Waals surface area contributed by atoms with Crippen LogP contribution in [0.3, 0.4) is 0 Å². The summed E-state index contributed by atoms with van der Waals surface area (Å²) in [5.41, 5.74) is 8.85. The summed E-state index contributed by atoms with van der Waals surface area (Å²) >= 11 is 4.69. The lowest BCUT2D eigenvalue weighted by Crippen LogP contribution is -2.41. The second-order valence-corrected chi connectivity index (χ2v) is 11.3. The highest BCUT2D eigenvalue weighted by Gasteiger charge is 2.33. The van der Waals surface area contributed by atoms with Gasteiger partial charge in [0.05, 0.1) is 48.1 Å². The fourth-order valence-corrected chi connectivity index (χ4v) is 6.01. The summed E-state index contributed by atoms with van der Waals surface area (Å²) in [6.45, 7) is 3.32. The second-order valence-electron chi connectivity index (χ2n) is 10.7. The zero-order valence-electron chi connectivity index (χ0n) is 22.1. The first-order valence-electron chi connectivity index (χ1n) is 13.6. The Kier molecular flexibility index (Phi) is 7.61. The van der Waals surface area contributed by atoms with Crippen molar-refractivity contribution in [1.82, 2.24) is 19.6 Å². The second kappa shape index (κ2) is 11.3. The number of aromatic nitrogens is 4. The SMILES string of the molecule is CC1CC(c2ccncc2Nc2ncc3ccc(-c4c(F)cc(OC5CCOCC5)cc4F)nn23)CC(N)C1S. The van der Waals surface area contributed by atoms with E-state index < -0.39 is 11.6 Å². The molecule has 40 heavy (non-hydrogen) atoms. The summed E-state index contributed by atoms with van der Waals surface area (Å²) in [4.78, 5) is 8.79. The van der Waals surface area contributed by atoms with E-state index in [4.69, 9.17) is 27.8 Å². The lowest BCUT2D eigenvalue weighted by Gasteiger charge is -2.37. The first-order valence-corrected chi connectivity index (χ1v) is 14.1. The molecule has 4 unspecified atom stereocenters. The number of ether oxygens (including phenoxy) is 2. The Morgan fingerprint density at radius 2 is 1.88 bits per heavy atom. The summed E-state index contributed by atoms with van der Waals surface area (Å²) < 4.78 is 43.1. The standard InChI is InChI=1S/C29H32F2N6O2S/c1-16-10-17(11-24(32)28(16)40)21-4-7-33-15-26(21)35-29-34-14-18-2-3-25(36-37(18)29)27-22(30)12-20(13-23(27)31)39-19-5-8-38-9-6-19/h2-4,7,12-17,19,24,28,40H,5-6,8-11,32H2,1H3,(H,34,35). The van der Waals surface area contributed by atoms with Crippen LogP contribution in [0.2, 0.25) is 0 Å². The predicted molar refractivity (Wildman–Crippen MR) is 152 cm³/mol. The summed E-state index contributed by atoms with van der Waals surface area (Å²) in [5, 5.41) is 8.06. The fraction of sp³-hybridized carbons (Fsp3) is 0.414. The van der Waals surface area contributed by atoms with E-state index >= 15 is 8.78 Å². The topological polar surface area (TPSA) is 99.6 Å². The lowest BCUT2D eigenvalue weighted by atomic mass is 9.76. The number of thiol groups is 1. The number of anilines is 2. The first kappa shape index (κ1) is 26.9. The summed E-state index contributed by atoms with van der Waals surface area (Å²) in [6.07, 6.45) is 8.17. The molecule has 6 rings (SSSR count). The third kappa shape index (κ3) is 5.37. The number of halogens is 2. The fourth-order valence-electron chi connectivity index (χ4n) is 5.76. The normalized spacial score (nSPS) is 23.8. The van der Waals surface area contributed by atoms with E-state index in [2.05, 4.69) is 27.3 Å². The molecule has 3 N–H and O–H groups in total. The van der Waals surface area contributed by atoms with Crippen LogP contribution in [-0.2, 0) is 4.74 Å². The number of benzene rings is 1. The average Bonchev–Trinajstić information content (AvgIpc) is 3.34. The molecule has 2 aliphatic rings. The summed E-state index contributed by atoms with van der Waals surface area (Å²) in [6, 6.07) is 7.71. The van der Waals surface area contributed by atoms with Crippen LogP contribution in [0.25, 0.3) is 16.8 Å². The average molecular weight is 567 g/mol. The van der Waals surface area contributed by atoms with E-state index in [0.29, 0.717) is 43.4 Å². The number of fused-ring (bicyclic) bond motifs is 1. The molecule has 0 radical (unpaired) electrons. The molecule has 210 valence electrons. The molecule has 1 saturated heterocycles. The predicted octanol–water partition coefficient (Wildman–Crippen LogP) is 5.51. The minimum Gasteiger partial charge on any atom is -0.490 e. The van der Waals surface area contributed by atoms with Gasteiger partial charge in [-0.1, -0.05) is 6.92 Å². The van der Waals surface area contributed by atoms with E-state index in [9.17, 15) is 0 Å². The highest BCUT2D eigenvalue weighted by molar-refractivity contribution is 7.81. The molecule has 2 fully saturated rings. The smallest absolute Gasteiger partial charge is 0.229 e. The Hall–Kier alpha value is -3.28. The minimum atomic E-state index is -0.747. The van der Waals surface area contributed by atoms with E-state index in [1.165, 1.54) is 16.6 Å². The lowest BCUT2D eigenvalue weighted by molar-refractivity contribution is 0.0253. The molecule has 1 aliphatic heterocycles. The Balaban J connectivity index is 1.29. The van der Waals surface area contributed by atoms with Crippen LogP contribution >= 0.6 is 12.6 Å². The molecule has 1 aromatic carbocycles. The monoisotopic (exact) mass is 566 g/mol. The van der Waals surface area contributed by atoms with Gasteiger partial charge >= 0.3 is 0 Å². The van der Waals surface area contributed by atoms with Crippen LogP contribution in [0.5, 0.6) is 5.75 Å². The molecule has 1 saturated carbocycles. The largest absolute Gasteiger partial charge is 0.490 e. The number of hydrogen-bond acceptors (Lipinski definition) is 8. The number of nitrogens with two attached hydrogens (primary N) is 1. The Bertz CT molecular complexity index is 1480. The number of hydrogen-bond donors (Lipinski definition) is 3. The molecule has 0 bridgehead atoms. The quantitative estimate of drug-likeness (QED) is 0.265. The Labute approximate surface area is 236 Å². The molecule has 1 aliphatic carbocycles. The van der Waals surface area contributed by atoms with Gasteiger partial charge in [0.2, 0.25) is 5.95 Å². The zero-order chi connectivity index (χ0) is 27.8. The first-order chi connectivity index (χ1) is 19.4. The van der Waals surface area contributed by atoms with Gasteiger partial charge < -0.3 is 20.5 Å².